The maximum absolute atomic E-state index is 12.1. The smallest absolute Gasteiger partial charge is 0.244 e. The molecule has 0 aromatic heterocycles. The van der Waals surface area contributed by atoms with Crippen molar-refractivity contribution in [1.29, 1.82) is 0 Å². The molecule has 1 unspecified atom stereocenters. The Kier molecular flexibility index (Phi) is 6.06. The normalized spacial score (nSPS) is 17.3. The zero-order valence-corrected chi connectivity index (χ0v) is 13.8. The molecule has 1 saturated heterocycles. The molecule has 0 radical (unpaired) electrons. The number of hydrogen-bond donors (Lipinski definition) is 1. The van der Waals surface area contributed by atoms with Crippen LogP contribution < -0.4 is 5.32 Å². The third kappa shape index (κ3) is 4.60. The van der Waals surface area contributed by atoms with Crippen LogP contribution in [0.15, 0.2) is 18.2 Å². The van der Waals surface area contributed by atoms with Crippen molar-refractivity contribution in [3.05, 3.63) is 28.2 Å². The first kappa shape index (κ1) is 17.1. The van der Waals surface area contributed by atoms with Crippen molar-refractivity contribution in [1.82, 2.24) is 4.90 Å². The van der Waals surface area contributed by atoms with E-state index in [0.29, 0.717) is 23.9 Å². The highest BCUT2D eigenvalue weighted by Gasteiger charge is 2.22. The molecule has 1 fully saturated rings. The molecule has 7 heteroatoms. The molecular formula is C15H18Cl2N2O3. The van der Waals surface area contributed by atoms with E-state index in [9.17, 15) is 9.59 Å². The molecule has 22 heavy (non-hydrogen) atoms. The minimum Gasteiger partial charge on any atom is -0.376 e. The van der Waals surface area contributed by atoms with Gasteiger partial charge in [-0.05, 0) is 25.0 Å². The van der Waals surface area contributed by atoms with E-state index in [4.69, 9.17) is 27.9 Å². The largest absolute Gasteiger partial charge is 0.376 e. The second kappa shape index (κ2) is 7.81. The molecule has 0 bridgehead atoms. The first-order chi connectivity index (χ1) is 10.5. The Morgan fingerprint density at radius 3 is 2.82 bits per heavy atom. The molecule has 1 N–H and O–H groups in total. The number of halogens is 2. The van der Waals surface area contributed by atoms with Crippen molar-refractivity contribution in [3.8, 4) is 0 Å². The van der Waals surface area contributed by atoms with Crippen molar-refractivity contribution >= 4 is 40.7 Å². The number of ether oxygens (including phenoxy) is 1. The number of hydrogen-bond acceptors (Lipinski definition) is 3. The summed E-state index contributed by atoms with van der Waals surface area (Å²) in [5.41, 5.74) is 0.430. The zero-order valence-electron chi connectivity index (χ0n) is 12.3. The van der Waals surface area contributed by atoms with Crippen LogP contribution in [0.4, 0.5) is 5.69 Å². The molecule has 0 spiro atoms. The van der Waals surface area contributed by atoms with Gasteiger partial charge in [-0.25, -0.2) is 0 Å². The minimum absolute atomic E-state index is 0.00598. The lowest BCUT2D eigenvalue weighted by Crippen LogP contribution is -2.41. The van der Waals surface area contributed by atoms with Crippen LogP contribution in [0.25, 0.3) is 0 Å². The van der Waals surface area contributed by atoms with E-state index in [-0.39, 0.29) is 29.5 Å². The topological polar surface area (TPSA) is 58.6 Å². The van der Waals surface area contributed by atoms with Crippen molar-refractivity contribution < 1.29 is 14.3 Å². The van der Waals surface area contributed by atoms with Crippen molar-refractivity contribution in [2.75, 3.05) is 25.0 Å². The monoisotopic (exact) mass is 344 g/mol. The molecular weight excluding hydrogens is 327 g/mol. The maximum atomic E-state index is 12.1. The Balaban J connectivity index is 1.95. The summed E-state index contributed by atoms with van der Waals surface area (Å²) in [6.45, 7) is 2.53. The third-order valence-electron chi connectivity index (χ3n) is 3.45. The van der Waals surface area contributed by atoms with Crippen molar-refractivity contribution in [3.63, 3.8) is 0 Å². The number of nitrogens with zero attached hydrogens (tertiary/aromatic N) is 1. The van der Waals surface area contributed by atoms with Gasteiger partial charge in [-0.2, -0.15) is 0 Å². The molecule has 5 nitrogen and oxygen atoms in total. The first-order valence-corrected chi connectivity index (χ1v) is 7.84. The average molecular weight is 345 g/mol. The number of carbonyl (C=O) groups is 2. The number of nitrogens with one attached hydrogen (secondary N) is 1. The fraction of sp³-hybridized carbons (Fsp3) is 0.467. The second-order valence-corrected chi connectivity index (χ2v) is 5.97. The number of amides is 2. The average Bonchev–Trinajstić information content (AvgIpc) is 2.96. The molecule has 120 valence electrons. The predicted octanol–water partition coefficient (Wildman–Crippen LogP) is 2.96. The zero-order chi connectivity index (χ0) is 16.1. The van der Waals surface area contributed by atoms with Crippen LogP contribution in [-0.4, -0.2) is 42.5 Å². The molecule has 0 aliphatic carbocycles. The number of benzene rings is 1. The summed E-state index contributed by atoms with van der Waals surface area (Å²) in [6, 6.07) is 4.99. The Morgan fingerprint density at radius 2 is 2.18 bits per heavy atom. The first-order valence-electron chi connectivity index (χ1n) is 7.08. The Labute approximate surface area is 139 Å². The molecule has 1 aliphatic rings. The third-order valence-corrected chi connectivity index (χ3v) is 4.27. The fourth-order valence-corrected chi connectivity index (χ4v) is 2.65. The maximum Gasteiger partial charge on any atom is 0.244 e. The highest BCUT2D eigenvalue weighted by molar-refractivity contribution is 6.44. The van der Waals surface area contributed by atoms with Gasteiger partial charge in [-0.15, -0.1) is 0 Å². The second-order valence-electron chi connectivity index (χ2n) is 5.18. The van der Waals surface area contributed by atoms with Crippen LogP contribution in [0.2, 0.25) is 10.0 Å². The molecule has 1 aromatic carbocycles. The quantitative estimate of drug-likeness (QED) is 0.893. The Bertz CT molecular complexity index is 560. The van der Waals surface area contributed by atoms with Gasteiger partial charge in [0, 0.05) is 20.1 Å². The standard InChI is InChI=1S/C15H18Cl2N2O3/c1-10(20)19(8-11-4-3-7-22-11)9-14(21)18-13-6-2-5-12(16)15(13)17/h2,5-6,11H,3-4,7-9H2,1H3,(H,18,21). The minimum atomic E-state index is -0.322. The Morgan fingerprint density at radius 1 is 1.41 bits per heavy atom. The molecule has 1 aliphatic heterocycles. The SMILES string of the molecule is CC(=O)N(CC(=O)Nc1cccc(Cl)c1Cl)CC1CCCO1. The van der Waals surface area contributed by atoms with E-state index < -0.39 is 0 Å². The van der Waals surface area contributed by atoms with E-state index in [0.717, 1.165) is 12.8 Å². The van der Waals surface area contributed by atoms with Crippen molar-refractivity contribution in [2.45, 2.75) is 25.9 Å². The highest BCUT2D eigenvalue weighted by Crippen LogP contribution is 2.29. The summed E-state index contributed by atoms with van der Waals surface area (Å²) in [5.74, 6) is -0.486. The predicted molar refractivity (Wildman–Crippen MR) is 86.3 cm³/mol. The lowest BCUT2D eigenvalue weighted by atomic mass is 10.2. The van der Waals surface area contributed by atoms with E-state index >= 15 is 0 Å². The summed E-state index contributed by atoms with van der Waals surface area (Å²) in [6.07, 6.45) is 1.90. The number of carbonyl (C=O) groups excluding carboxylic acids is 2. The van der Waals surface area contributed by atoms with Gasteiger partial charge in [0.15, 0.2) is 0 Å². The number of anilines is 1. The lowest BCUT2D eigenvalue weighted by Gasteiger charge is -2.23. The van der Waals surface area contributed by atoms with Gasteiger partial charge in [0.2, 0.25) is 11.8 Å². The molecule has 2 amide bonds. The van der Waals surface area contributed by atoms with Gasteiger partial charge in [-0.1, -0.05) is 29.3 Å². The lowest BCUT2D eigenvalue weighted by molar-refractivity contribution is -0.134. The van der Waals surface area contributed by atoms with Crippen LogP contribution in [-0.2, 0) is 14.3 Å². The summed E-state index contributed by atoms with van der Waals surface area (Å²) in [4.78, 5) is 25.3. The summed E-state index contributed by atoms with van der Waals surface area (Å²) >= 11 is 11.9. The summed E-state index contributed by atoms with van der Waals surface area (Å²) < 4.78 is 5.50. The van der Waals surface area contributed by atoms with Crippen LogP contribution in [0.5, 0.6) is 0 Å². The van der Waals surface area contributed by atoms with Gasteiger partial charge in [-0.3, -0.25) is 9.59 Å². The van der Waals surface area contributed by atoms with Crippen molar-refractivity contribution in [2.24, 2.45) is 0 Å². The highest BCUT2D eigenvalue weighted by atomic mass is 35.5. The van der Waals surface area contributed by atoms with Gasteiger partial charge < -0.3 is 15.0 Å². The molecule has 0 saturated carbocycles. The van der Waals surface area contributed by atoms with E-state index in [1.165, 1.54) is 11.8 Å². The van der Waals surface area contributed by atoms with Gasteiger partial charge in [0.05, 0.1) is 28.4 Å². The van der Waals surface area contributed by atoms with Crippen LogP contribution in [0.1, 0.15) is 19.8 Å². The summed E-state index contributed by atoms with van der Waals surface area (Å²) in [5, 5.41) is 3.32. The van der Waals surface area contributed by atoms with Gasteiger partial charge >= 0.3 is 0 Å². The molecule has 1 aromatic rings. The molecule has 2 rings (SSSR count). The Hall–Kier alpha value is -1.30. The van der Waals surface area contributed by atoms with E-state index in [1.54, 1.807) is 18.2 Å². The molecule has 1 atom stereocenters. The molecule has 1 heterocycles. The van der Waals surface area contributed by atoms with Gasteiger partial charge in [0.25, 0.3) is 0 Å². The fourth-order valence-electron chi connectivity index (χ4n) is 2.30. The van der Waals surface area contributed by atoms with Gasteiger partial charge in [0.1, 0.15) is 0 Å². The van der Waals surface area contributed by atoms with Crippen LogP contribution in [0, 0.1) is 0 Å². The van der Waals surface area contributed by atoms with Crippen LogP contribution in [0.3, 0.4) is 0 Å². The van der Waals surface area contributed by atoms with Crippen LogP contribution >= 0.6 is 23.2 Å². The van der Waals surface area contributed by atoms with E-state index in [1.807, 2.05) is 0 Å². The summed E-state index contributed by atoms with van der Waals surface area (Å²) in [7, 11) is 0. The number of rotatable bonds is 5. The van der Waals surface area contributed by atoms with E-state index in [2.05, 4.69) is 5.32 Å².